The first-order valence-corrected chi connectivity index (χ1v) is 4.48. The lowest BCUT2D eigenvalue weighted by Gasteiger charge is -2.38. The zero-order valence-corrected chi connectivity index (χ0v) is 8.07. The highest BCUT2D eigenvalue weighted by Crippen LogP contribution is 2.07. The fourth-order valence-corrected chi connectivity index (χ4v) is 1.55. The summed E-state index contributed by atoms with van der Waals surface area (Å²) in [7, 11) is 1.81. The number of carbonyl (C=O) groups excluding carboxylic acids is 1. The van der Waals surface area contributed by atoms with Gasteiger partial charge >= 0.3 is 0 Å². The number of rotatable bonds is 3. The third-order valence-electron chi connectivity index (χ3n) is 2.43. The van der Waals surface area contributed by atoms with Gasteiger partial charge in [0.15, 0.2) is 0 Å². The average Bonchev–Trinajstić information content (AvgIpc) is 2.11. The van der Waals surface area contributed by atoms with Crippen molar-refractivity contribution in [1.29, 1.82) is 0 Å². The summed E-state index contributed by atoms with van der Waals surface area (Å²) >= 11 is 0. The van der Waals surface area contributed by atoms with E-state index in [-0.39, 0.29) is 11.9 Å². The van der Waals surface area contributed by atoms with Gasteiger partial charge in [-0.25, -0.2) is 0 Å². The molecule has 0 aliphatic carbocycles. The molecule has 1 amide bonds. The fraction of sp³-hybridized carbons (Fsp3) is 0.667. The van der Waals surface area contributed by atoms with Crippen LogP contribution in [0.1, 0.15) is 0 Å². The molecular formula is C9H17N3O. The van der Waals surface area contributed by atoms with Crippen LogP contribution in [-0.4, -0.2) is 55.0 Å². The summed E-state index contributed by atoms with van der Waals surface area (Å²) in [6.45, 7) is 6.27. The second-order valence-electron chi connectivity index (χ2n) is 3.38. The minimum Gasteiger partial charge on any atom is -0.339 e. The second-order valence-corrected chi connectivity index (χ2v) is 3.38. The molecule has 1 heterocycles. The van der Waals surface area contributed by atoms with Crippen LogP contribution in [0.25, 0.3) is 0 Å². The predicted octanol–water partition coefficient (Wildman–Crippen LogP) is -0.726. The number of hydrogen-bond acceptors (Lipinski definition) is 3. The lowest BCUT2D eigenvalue weighted by molar-refractivity contribution is -0.137. The molecule has 74 valence electrons. The molecule has 0 bridgehead atoms. The van der Waals surface area contributed by atoms with E-state index in [1.54, 1.807) is 4.90 Å². The normalized spacial score (nSPS) is 24.9. The molecule has 4 heteroatoms. The molecule has 1 aliphatic heterocycles. The van der Waals surface area contributed by atoms with Crippen LogP contribution in [0.2, 0.25) is 0 Å². The number of piperazine rings is 1. The molecule has 0 aromatic heterocycles. The average molecular weight is 183 g/mol. The van der Waals surface area contributed by atoms with Gasteiger partial charge in [0.1, 0.15) is 0 Å². The zero-order valence-electron chi connectivity index (χ0n) is 8.07. The molecule has 0 saturated carbocycles. The maximum absolute atomic E-state index is 11.4. The summed E-state index contributed by atoms with van der Waals surface area (Å²) < 4.78 is 0. The van der Waals surface area contributed by atoms with Crippen molar-refractivity contribution in [3.8, 4) is 0 Å². The lowest BCUT2D eigenvalue weighted by Crippen LogP contribution is -2.57. The van der Waals surface area contributed by atoms with Gasteiger partial charge in [-0.15, -0.1) is 6.58 Å². The molecule has 0 aromatic rings. The molecule has 1 fully saturated rings. The van der Waals surface area contributed by atoms with E-state index in [1.165, 1.54) is 0 Å². The van der Waals surface area contributed by atoms with Gasteiger partial charge in [0.25, 0.3) is 0 Å². The van der Waals surface area contributed by atoms with Gasteiger partial charge in [-0.05, 0) is 0 Å². The van der Waals surface area contributed by atoms with Gasteiger partial charge < -0.3 is 10.6 Å². The van der Waals surface area contributed by atoms with Crippen molar-refractivity contribution in [3.63, 3.8) is 0 Å². The van der Waals surface area contributed by atoms with Gasteiger partial charge in [-0.1, -0.05) is 6.08 Å². The zero-order chi connectivity index (χ0) is 9.84. The Morgan fingerprint density at radius 3 is 3.00 bits per heavy atom. The Kier molecular flexibility index (Phi) is 3.45. The highest BCUT2D eigenvalue weighted by molar-refractivity contribution is 5.79. The van der Waals surface area contributed by atoms with E-state index in [0.717, 1.165) is 13.1 Å². The van der Waals surface area contributed by atoms with Gasteiger partial charge in [-0.2, -0.15) is 0 Å². The molecule has 0 spiro atoms. The Balaban J connectivity index is 2.57. The summed E-state index contributed by atoms with van der Waals surface area (Å²) in [5.74, 6) is 0.142. The number of nitrogens with two attached hydrogens (primary N) is 1. The fourth-order valence-electron chi connectivity index (χ4n) is 1.55. The van der Waals surface area contributed by atoms with Gasteiger partial charge in [0.05, 0.1) is 12.6 Å². The van der Waals surface area contributed by atoms with E-state index in [0.29, 0.717) is 13.1 Å². The molecule has 0 aromatic carbocycles. The molecule has 2 N–H and O–H groups in total. The Labute approximate surface area is 79.0 Å². The highest BCUT2D eigenvalue weighted by atomic mass is 16.2. The number of carbonyl (C=O) groups is 1. The van der Waals surface area contributed by atoms with Crippen LogP contribution in [0.4, 0.5) is 0 Å². The van der Waals surface area contributed by atoms with Crippen molar-refractivity contribution < 1.29 is 4.79 Å². The molecule has 1 unspecified atom stereocenters. The number of hydrogen-bond donors (Lipinski definition) is 1. The summed E-state index contributed by atoms with van der Waals surface area (Å²) in [5.41, 5.74) is 5.57. The van der Waals surface area contributed by atoms with Crippen molar-refractivity contribution >= 4 is 5.91 Å². The van der Waals surface area contributed by atoms with E-state index in [1.807, 2.05) is 13.1 Å². The van der Waals surface area contributed by atoms with Crippen molar-refractivity contribution in [2.75, 3.05) is 33.2 Å². The molecule has 4 nitrogen and oxygen atoms in total. The highest BCUT2D eigenvalue weighted by Gasteiger charge is 2.27. The Hall–Kier alpha value is -0.870. The van der Waals surface area contributed by atoms with E-state index < -0.39 is 0 Å². The molecular weight excluding hydrogens is 166 g/mol. The van der Waals surface area contributed by atoms with Crippen LogP contribution >= 0.6 is 0 Å². The van der Waals surface area contributed by atoms with E-state index in [9.17, 15) is 4.79 Å². The van der Waals surface area contributed by atoms with Crippen LogP contribution in [0.3, 0.4) is 0 Å². The number of amides is 1. The molecule has 0 radical (unpaired) electrons. The van der Waals surface area contributed by atoms with Crippen molar-refractivity contribution in [2.24, 2.45) is 5.73 Å². The smallest absolute Gasteiger partial charge is 0.236 e. The SMILES string of the molecule is C=CCN1CC(=O)N(C)C(CN)C1. The first-order valence-electron chi connectivity index (χ1n) is 4.48. The number of likely N-dealkylation sites (N-methyl/N-ethyl adjacent to an activating group) is 1. The van der Waals surface area contributed by atoms with Gasteiger partial charge in [0, 0.05) is 26.7 Å². The van der Waals surface area contributed by atoms with Crippen LogP contribution in [0, 0.1) is 0 Å². The monoisotopic (exact) mass is 183 g/mol. The Bertz CT molecular complexity index is 205. The number of nitrogens with zero attached hydrogens (tertiary/aromatic N) is 2. The summed E-state index contributed by atoms with van der Waals surface area (Å²) in [4.78, 5) is 15.2. The minimum atomic E-state index is 0.142. The topological polar surface area (TPSA) is 49.6 Å². The second kappa shape index (κ2) is 4.39. The van der Waals surface area contributed by atoms with Gasteiger partial charge in [0.2, 0.25) is 5.91 Å². The Morgan fingerprint density at radius 1 is 1.77 bits per heavy atom. The molecule has 1 saturated heterocycles. The summed E-state index contributed by atoms with van der Waals surface area (Å²) in [6, 6.07) is 0.154. The van der Waals surface area contributed by atoms with Crippen LogP contribution in [-0.2, 0) is 4.79 Å². The third-order valence-corrected chi connectivity index (χ3v) is 2.43. The van der Waals surface area contributed by atoms with Crippen LogP contribution in [0.5, 0.6) is 0 Å². The Morgan fingerprint density at radius 2 is 2.46 bits per heavy atom. The summed E-state index contributed by atoms with van der Waals surface area (Å²) in [6.07, 6.45) is 1.81. The molecule has 1 atom stereocenters. The lowest BCUT2D eigenvalue weighted by atomic mass is 10.2. The van der Waals surface area contributed by atoms with Crippen molar-refractivity contribution in [2.45, 2.75) is 6.04 Å². The maximum atomic E-state index is 11.4. The maximum Gasteiger partial charge on any atom is 0.236 e. The first-order chi connectivity index (χ1) is 6.19. The predicted molar refractivity (Wildman–Crippen MR) is 52.2 cm³/mol. The van der Waals surface area contributed by atoms with E-state index >= 15 is 0 Å². The van der Waals surface area contributed by atoms with Crippen molar-refractivity contribution in [1.82, 2.24) is 9.80 Å². The van der Waals surface area contributed by atoms with E-state index in [2.05, 4.69) is 11.5 Å². The standard InChI is InChI=1S/C9H17N3O/c1-3-4-12-6-8(5-10)11(2)9(13)7-12/h3,8H,1,4-7,10H2,2H3. The summed E-state index contributed by atoms with van der Waals surface area (Å²) in [5, 5.41) is 0. The van der Waals surface area contributed by atoms with Gasteiger partial charge in [-0.3, -0.25) is 9.69 Å². The van der Waals surface area contributed by atoms with E-state index in [4.69, 9.17) is 5.73 Å². The van der Waals surface area contributed by atoms with Crippen LogP contribution < -0.4 is 5.73 Å². The van der Waals surface area contributed by atoms with Crippen LogP contribution in [0.15, 0.2) is 12.7 Å². The third kappa shape index (κ3) is 2.29. The molecule has 1 rings (SSSR count). The largest absolute Gasteiger partial charge is 0.339 e. The molecule has 1 aliphatic rings. The molecule has 13 heavy (non-hydrogen) atoms. The quantitative estimate of drug-likeness (QED) is 0.587. The van der Waals surface area contributed by atoms with Crippen molar-refractivity contribution in [3.05, 3.63) is 12.7 Å². The minimum absolute atomic E-state index is 0.142. The first kappa shape index (κ1) is 10.2.